The molecule has 0 saturated heterocycles. The van der Waals surface area contributed by atoms with Crippen LogP contribution >= 0.6 is 0 Å². The standard InChI is InChI=1S/C15H16O4/c1-10(2)7-8-18-9-12-11-5-3-4-6-13(11)19-14(12)15(16)17/h3-6H,1,7-9H2,2H3,(H,16,17). The van der Waals surface area contributed by atoms with Gasteiger partial charge in [-0.1, -0.05) is 23.8 Å². The minimum atomic E-state index is -1.07. The van der Waals surface area contributed by atoms with E-state index in [2.05, 4.69) is 6.58 Å². The summed E-state index contributed by atoms with van der Waals surface area (Å²) in [5.41, 5.74) is 2.19. The summed E-state index contributed by atoms with van der Waals surface area (Å²) in [6.07, 6.45) is 0.762. The zero-order valence-electron chi connectivity index (χ0n) is 10.8. The molecule has 0 saturated carbocycles. The Morgan fingerprint density at radius 3 is 2.84 bits per heavy atom. The zero-order valence-corrected chi connectivity index (χ0v) is 10.8. The van der Waals surface area contributed by atoms with Gasteiger partial charge in [-0.3, -0.25) is 0 Å². The number of hydrogen-bond acceptors (Lipinski definition) is 3. The molecule has 0 aliphatic heterocycles. The Bertz CT molecular complexity index is 610. The van der Waals surface area contributed by atoms with Crippen molar-refractivity contribution in [2.24, 2.45) is 0 Å². The highest BCUT2D eigenvalue weighted by Gasteiger charge is 2.19. The lowest BCUT2D eigenvalue weighted by Gasteiger charge is -2.03. The van der Waals surface area contributed by atoms with Gasteiger partial charge in [-0.25, -0.2) is 4.79 Å². The van der Waals surface area contributed by atoms with Gasteiger partial charge in [-0.15, -0.1) is 6.58 Å². The molecule has 0 fully saturated rings. The Morgan fingerprint density at radius 2 is 2.16 bits per heavy atom. The van der Waals surface area contributed by atoms with Crippen LogP contribution in [0.15, 0.2) is 40.8 Å². The third kappa shape index (κ3) is 3.03. The molecule has 0 aliphatic rings. The lowest BCUT2D eigenvalue weighted by Crippen LogP contribution is -2.02. The first kappa shape index (κ1) is 13.4. The van der Waals surface area contributed by atoms with Crippen molar-refractivity contribution in [2.45, 2.75) is 20.0 Å². The van der Waals surface area contributed by atoms with E-state index in [-0.39, 0.29) is 12.4 Å². The summed E-state index contributed by atoms with van der Waals surface area (Å²) in [7, 11) is 0. The number of carboxylic acid groups (broad SMARTS) is 1. The minimum Gasteiger partial charge on any atom is -0.475 e. The van der Waals surface area contributed by atoms with Crippen molar-refractivity contribution in [3.05, 3.63) is 47.7 Å². The van der Waals surface area contributed by atoms with E-state index in [0.29, 0.717) is 17.8 Å². The van der Waals surface area contributed by atoms with Crippen LogP contribution in [0.1, 0.15) is 29.5 Å². The molecule has 2 aromatic rings. The molecule has 0 aliphatic carbocycles. The second-order valence-corrected chi connectivity index (χ2v) is 4.47. The molecule has 0 unspecified atom stereocenters. The topological polar surface area (TPSA) is 59.7 Å². The number of para-hydroxylation sites is 1. The van der Waals surface area contributed by atoms with Crippen molar-refractivity contribution in [1.29, 1.82) is 0 Å². The lowest BCUT2D eigenvalue weighted by molar-refractivity contribution is 0.0653. The van der Waals surface area contributed by atoms with Crippen molar-refractivity contribution in [2.75, 3.05) is 6.61 Å². The van der Waals surface area contributed by atoms with Crippen LogP contribution in [0, 0.1) is 0 Å². The van der Waals surface area contributed by atoms with Gasteiger partial charge in [0.25, 0.3) is 0 Å². The van der Waals surface area contributed by atoms with E-state index < -0.39 is 5.97 Å². The molecule has 1 aromatic heterocycles. The lowest BCUT2D eigenvalue weighted by atomic mass is 10.1. The van der Waals surface area contributed by atoms with E-state index in [4.69, 9.17) is 14.3 Å². The highest BCUT2D eigenvalue weighted by atomic mass is 16.5. The Kier molecular flexibility index (Phi) is 4.02. The van der Waals surface area contributed by atoms with Gasteiger partial charge >= 0.3 is 5.97 Å². The summed E-state index contributed by atoms with van der Waals surface area (Å²) in [4.78, 5) is 11.2. The Hall–Kier alpha value is -2.07. The third-order valence-electron chi connectivity index (χ3n) is 2.81. The van der Waals surface area contributed by atoms with Crippen molar-refractivity contribution < 1.29 is 19.1 Å². The molecular weight excluding hydrogens is 244 g/mol. The fourth-order valence-corrected chi connectivity index (χ4v) is 1.84. The number of hydrogen-bond donors (Lipinski definition) is 1. The van der Waals surface area contributed by atoms with Gasteiger partial charge in [0.1, 0.15) is 5.58 Å². The number of furan rings is 1. The Balaban J connectivity index is 2.22. The molecule has 100 valence electrons. The molecule has 0 amide bonds. The maximum atomic E-state index is 11.2. The molecule has 0 bridgehead atoms. The van der Waals surface area contributed by atoms with E-state index in [0.717, 1.165) is 17.4 Å². The Labute approximate surface area is 111 Å². The minimum absolute atomic E-state index is 0.0449. The predicted molar refractivity (Wildman–Crippen MR) is 72.3 cm³/mol. The molecule has 4 heteroatoms. The molecule has 1 aromatic carbocycles. The third-order valence-corrected chi connectivity index (χ3v) is 2.81. The number of ether oxygens (including phenoxy) is 1. The van der Waals surface area contributed by atoms with Gasteiger partial charge in [0.05, 0.1) is 13.2 Å². The van der Waals surface area contributed by atoms with Crippen LogP contribution in [0.4, 0.5) is 0 Å². The second-order valence-electron chi connectivity index (χ2n) is 4.47. The van der Waals surface area contributed by atoms with E-state index in [1.165, 1.54) is 0 Å². The SMILES string of the molecule is C=C(C)CCOCc1c(C(=O)O)oc2ccccc12. The number of rotatable bonds is 6. The van der Waals surface area contributed by atoms with Crippen LogP contribution in [0.2, 0.25) is 0 Å². The van der Waals surface area contributed by atoms with Crippen molar-refractivity contribution in [3.63, 3.8) is 0 Å². The van der Waals surface area contributed by atoms with Crippen LogP contribution in [-0.4, -0.2) is 17.7 Å². The summed E-state index contributed by atoms with van der Waals surface area (Å²) in [5, 5.41) is 9.94. The largest absolute Gasteiger partial charge is 0.475 e. The van der Waals surface area contributed by atoms with Crippen LogP contribution in [0.5, 0.6) is 0 Å². The summed E-state index contributed by atoms with van der Waals surface area (Å²) in [6.45, 7) is 6.47. The van der Waals surface area contributed by atoms with Crippen LogP contribution in [0.25, 0.3) is 11.0 Å². The number of carbonyl (C=O) groups is 1. The number of fused-ring (bicyclic) bond motifs is 1. The maximum absolute atomic E-state index is 11.2. The number of benzene rings is 1. The van der Waals surface area contributed by atoms with Gasteiger partial charge in [-0.2, -0.15) is 0 Å². The molecular formula is C15H16O4. The molecule has 0 radical (unpaired) electrons. The summed E-state index contributed by atoms with van der Waals surface area (Å²) in [6, 6.07) is 7.24. The van der Waals surface area contributed by atoms with Crippen LogP contribution in [0.3, 0.4) is 0 Å². The fourth-order valence-electron chi connectivity index (χ4n) is 1.84. The van der Waals surface area contributed by atoms with Gasteiger partial charge in [0.2, 0.25) is 5.76 Å². The van der Waals surface area contributed by atoms with Gasteiger partial charge in [0, 0.05) is 10.9 Å². The fraction of sp³-hybridized carbons (Fsp3) is 0.267. The molecule has 1 heterocycles. The van der Waals surface area contributed by atoms with Gasteiger partial charge in [0.15, 0.2) is 0 Å². The van der Waals surface area contributed by atoms with Gasteiger partial charge in [-0.05, 0) is 19.4 Å². The first-order chi connectivity index (χ1) is 9.09. The van der Waals surface area contributed by atoms with E-state index in [1.807, 2.05) is 25.1 Å². The predicted octanol–water partition coefficient (Wildman–Crippen LogP) is 3.61. The molecule has 2 rings (SSSR count). The average molecular weight is 260 g/mol. The molecule has 19 heavy (non-hydrogen) atoms. The molecule has 4 nitrogen and oxygen atoms in total. The summed E-state index contributed by atoms with van der Waals surface area (Å²) in [5.74, 6) is -1.12. The summed E-state index contributed by atoms with van der Waals surface area (Å²) >= 11 is 0. The smallest absolute Gasteiger partial charge is 0.372 e. The second kappa shape index (κ2) is 5.71. The monoisotopic (exact) mass is 260 g/mol. The quantitative estimate of drug-likeness (QED) is 0.636. The first-order valence-corrected chi connectivity index (χ1v) is 6.05. The van der Waals surface area contributed by atoms with Crippen LogP contribution < -0.4 is 0 Å². The van der Waals surface area contributed by atoms with Crippen molar-refractivity contribution in [3.8, 4) is 0 Å². The molecule has 0 atom stereocenters. The summed E-state index contributed by atoms with van der Waals surface area (Å²) < 4.78 is 10.8. The van der Waals surface area contributed by atoms with Crippen molar-refractivity contribution in [1.82, 2.24) is 0 Å². The average Bonchev–Trinajstić information content (AvgIpc) is 2.73. The van der Waals surface area contributed by atoms with E-state index in [9.17, 15) is 4.79 Å². The van der Waals surface area contributed by atoms with Gasteiger partial charge < -0.3 is 14.3 Å². The number of aromatic carboxylic acids is 1. The van der Waals surface area contributed by atoms with E-state index >= 15 is 0 Å². The Morgan fingerprint density at radius 1 is 1.42 bits per heavy atom. The first-order valence-electron chi connectivity index (χ1n) is 6.05. The molecule has 0 spiro atoms. The van der Waals surface area contributed by atoms with E-state index in [1.54, 1.807) is 6.07 Å². The van der Waals surface area contributed by atoms with Crippen molar-refractivity contribution >= 4 is 16.9 Å². The zero-order chi connectivity index (χ0) is 13.8. The normalized spacial score (nSPS) is 10.8. The molecule has 1 N–H and O–H groups in total. The highest BCUT2D eigenvalue weighted by Crippen LogP contribution is 2.26. The highest BCUT2D eigenvalue weighted by molar-refractivity contribution is 5.94. The van der Waals surface area contributed by atoms with Crippen LogP contribution in [-0.2, 0) is 11.3 Å². The maximum Gasteiger partial charge on any atom is 0.372 e. The number of carboxylic acids is 1.